The summed E-state index contributed by atoms with van der Waals surface area (Å²) in [7, 11) is 3.54. The number of hydrogen-bond acceptors (Lipinski definition) is 3. The molecule has 0 saturated carbocycles. The summed E-state index contributed by atoms with van der Waals surface area (Å²) in [6, 6.07) is 9.60. The van der Waals surface area contributed by atoms with Crippen molar-refractivity contribution >= 4 is 5.91 Å². The van der Waals surface area contributed by atoms with Gasteiger partial charge in [-0.3, -0.25) is 4.79 Å². The SMILES string of the molecule is CN(C)C(=O)CCCNCc1ccc(C#N)cc1. The average Bonchev–Trinajstić information content (AvgIpc) is 2.38. The van der Waals surface area contributed by atoms with Crippen molar-refractivity contribution in [1.29, 1.82) is 5.26 Å². The highest BCUT2D eigenvalue weighted by atomic mass is 16.2. The molecule has 96 valence electrons. The minimum atomic E-state index is 0.162. The van der Waals surface area contributed by atoms with Crippen molar-refractivity contribution in [1.82, 2.24) is 10.2 Å². The van der Waals surface area contributed by atoms with E-state index in [-0.39, 0.29) is 5.91 Å². The zero-order valence-electron chi connectivity index (χ0n) is 10.9. The Hall–Kier alpha value is -1.86. The number of nitrogens with one attached hydrogen (secondary N) is 1. The van der Waals surface area contributed by atoms with Gasteiger partial charge >= 0.3 is 0 Å². The molecule has 0 saturated heterocycles. The van der Waals surface area contributed by atoms with E-state index in [2.05, 4.69) is 11.4 Å². The predicted molar refractivity (Wildman–Crippen MR) is 70.8 cm³/mol. The lowest BCUT2D eigenvalue weighted by atomic mass is 10.1. The summed E-state index contributed by atoms with van der Waals surface area (Å²) in [5.41, 5.74) is 1.82. The van der Waals surface area contributed by atoms with Gasteiger partial charge in [-0.15, -0.1) is 0 Å². The second-order valence-electron chi connectivity index (χ2n) is 4.38. The first-order chi connectivity index (χ1) is 8.63. The molecular formula is C14H19N3O. The maximum absolute atomic E-state index is 11.3. The highest BCUT2D eigenvalue weighted by molar-refractivity contribution is 5.75. The molecule has 0 aromatic heterocycles. The summed E-state index contributed by atoms with van der Waals surface area (Å²) in [4.78, 5) is 12.9. The van der Waals surface area contributed by atoms with Crippen LogP contribution in [0.4, 0.5) is 0 Å². The molecule has 0 spiro atoms. The Morgan fingerprint density at radius 3 is 2.56 bits per heavy atom. The zero-order chi connectivity index (χ0) is 13.4. The van der Waals surface area contributed by atoms with E-state index in [1.807, 2.05) is 24.3 Å². The Kier molecular flexibility index (Phi) is 5.89. The highest BCUT2D eigenvalue weighted by Crippen LogP contribution is 2.02. The number of carbonyl (C=O) groups is 1. The molecule has 1 aromatic rings. The van der Waals surface area contributed by atoms with Crippen LogP contribution in [0.3, 0.4) is 0 Å². The van der Waals surface area contributed by atoms with Crippen LogP contribution in [0.1, 0.15) is 24.0 Å². The predicted octanol–water partition coefficient (Wildman–Crippen LogP) is 1.52. The van der Waals surface area contributed by atoms with Crippen molar-refractivity contribution < 1.29 is 4.79 Å². The largest absolute Gasteiger partial charge is 0.349 e. The topological polar surface area (TPSA) is 56.1 Å². The third-order valence-corrected chi connectivity index (χ3v) is 2.66. The smallest absolute Gasteiger partial charge is 0.222 e. The standard InChI is InChI=1S/C14H19N3O/c1-17(2)14(18)4-3-9-16-11-13-7-5-12(10-15)6-8-13/h5-8,16H,3-4,9,11H2,1-2H3. The van der Waals surface area contributed by atoms with E-state index >= 15 is 0 Å². The molecule has 18 heavy (non-hydrogen) atoms. The van der Waals surface area contributed by atoms with Crippen LogP contribution in [0.5, 0.6) is 0 Å². The molecule has 4 nitrogen and oxygen atoms in total. The quantitative estimate of drug-likeness (QED) is 0.773. The van der Waals surface area contributed by atoms with Gasteiger partial charge in [-0.05, 0) is 30.7 Å². The number of nitriles is 1. The Morgan fingerprint density at radius 1 is 1.33 bits per heavy atom. The molecule has 1 rings (SSSR count). The summed E-state index contributed by atoms with van der Waals surface area (Å²) in [5, 5.41) is 11.9. The summed E-state index contributed by atoms with van der Waals surface area (Å²) >= 11 is 0. The fourth-order valence-electron chi connectivity index (χ4n) is 1.52. The van der Waals surface area contributed by atoms with Crippen LogP contribution in [0, 0.1) is 11.3 Å². The molecule has 0 heterocycles. The van der Waals surface area contributed by atoms with Gasteiger partial charge in [0.1, 0.15) is 0 Å². The van der Waals surface area contributed by atoms with E-state index in [0.29, 0.717) is 12.0 Å². The van der Waals surface area contributed by atoms with Gasteiger partial charge in [0.25, 0.3) is 0 Å². The second-order valence-corrected chi connectivity index (χ2v) is 4.38. The van der Waals surface area contributed by atoms with E-state index in [1.165, 1.54) is 0 Å². The molecule has 1 aromatic carbocycles. The van der Waals surface area contributed by atoms with E-state index in [4.69, 9.17) is 5.26 Å². The van der Waals surface area contributed by atoms with Gasteiger partial charge in [0.15, 0.2) is 0 Å². The average molecular weight is 245 g/mol. The normalized spacial score (nSPS) is 9.83. The van der Waals surface area contributed by atoms with Crippen molar-refractivity contribution in [2.75, 3.05) is 20.6 Å². The number of rotatable bonds is 6. The molecule has 0 bridgehead atoms. The summed E-state index contributed by atoms with van der Waals surface area (Å²) in [6.07, 6.45) is 1.42. The first kappa shape index (κ1) is 14.2. The van der Waals surface area contributed by atoms with Gasteiger partial charge in [0.05, 0.1) is 11.6 Å². The molecule has 1 amide bonds. The van der Waals surface area contributed by atoms with Crippen molar-refractivity contribution in [3.63, 3.8) is 0 Å². The van der Waals surface area contributed by atoms with Crippen LogP contribution in [0.2, 0.25) is 0 Å². The highest BCUT2D eigenvalue weighted by Gasteiger charge is 2.02. The van der Waals surface area contributed by atoms with Gasteiger partial charge in [-0.1, -0.05) is 12.1 Å². The number of carbonyl (C=O) groups excluding carboxylic acids is 1. The van der Waals surface area contributed by atoms with E-state index in [0.717, 1.165) is 25.1 Å². The second kappa shape index (κ2) is 7.46. The van der Waals surface area contributed by atoms with Crippen molar-refractivity contribution in [3.05, 3.63) is 35.4 Å². The maximum atomic E-state index is 11.3. The van der Waals surface area contributed by atoms with E-state index in [9.17, 15) is 4.79 Å². The molecule has 0 aliphatic rings. The fourth-order valence-corrected chi connectivity index (χ4v) is 1.52. The molecule has 0 radical (unpaired) electrons. The van der Waals surface area contributed by atoms with Gasteiger partial charge in [0, 0.05) is 27.1 Å². The minimum Gasteiger partial charge on any atom is -0.349 e. The lowest BCUT2D eigenvalue weighted by Crippen LogP contribution is -2.23. The Balaban J connectivity index is 2.18. The maximum Gasteiger partial charge on any atom is 0.222 e. The first-order valence-electron chi connectivity index (χ1n) is 6.03. The summed E-state index contributed by atoms with van der Waals surface area (Å²) in [6.45, 7) is 1.58. The molecule has 1 N–H and O–H groups in total. The molecular weight excluding hydrogens is 226 g/mol. The molecule has 4 heteroatoms. The number of hydrogen-bond donors (Lipinski definition) is 1. The fraction of sp³-hybridized carbons (Fsp3) is 0.429. The molecule has 0 atom stereocenters. The monoisotopic (exact) mass is 245 g/mol. The Morgan fingerprint density at radius 2 is 2.00 bits per heavy atom. The van der Waals surface area contributed by atoms with E-state index in [1.54, 1.807) is 19.0 Å². The lowest BCUT2D eigenvalue weighted by Gasteiger charge is -2.10. The summed E-state index contributed by atoms with van der Waals surface area (Å²) < 4.78 is 0. The van der Waals surface area contributed by atoms with Crippen LogP contribution in [0.25, 0.3) is 0 Å². The Labute approximate surface area is 108 Å². The van der Waals surface area contributed by atoms with Crippen LogP contribution in [-0.2, 0) is 11.3 Å². The number of amides is 1. The minimum absolute atomic E-state index is 0.162. The van der Waals surface area contributed by atoms with Gasteiger partial charge < -0.3 is 10.2 Å². The number of benzene rings is 1. The van der Waals surface area contributed by atoms with Crippen molar-refractivity contribution in [3.8, 4) is 6.07 Å². The van der Waals surface area contributed by atoms with Gasteiger partial charge in [-0.25, -0.2) is 0 Å². The van der Waals surface area contributed by atoms with Gasteiger partial charge in [-0.2, -0.15) is 5.26 Å². The van der Waals surface area contributed by atoms with Crippen molar-refractivity contribution in [2.45, 2.75) is 19.4 Å². The number of nitrogens with zero attached hydrogens (tertiary/aromatic N) is 2. The van der Waals surface area contributed by atoms with Crippen LogP contribution in [-0.4, -0.2) is 31.4 Å². The molecule has 0 unspecified atom stereocenters. The third kappa shape index (κ3) is 4.98. The molecule has 0 fully saturated rings. The molecule has 0 aliphatic heterocycles. The van der Waals surface area contributed by atoms with Crippen molar-refractivity contribution in [2.24, 2.45) is 0 Å². The first-order valence-corrected chi connectivity index (χ1v) is 6.03. The third-order valence-electron chi connectivity index (χ3n) is 2.66. The molecule has 0 aliphatic carbocycles. The van der Waals surface area contributed by atoms with Crippen LogP contribution >= 0.6 is 0 Å². The van der Waals surface area contributed by atoms with Gasteiger partial charge in [0.2, 0.25) is 5.91 Å². The zero-order valence-corrected chi connectivity index (χ0v) is 10.9. The van der Waals surface area contributed by atoms with Crippen LogP contribution < -0.4 is 5.32 Å². The lowest BCUT2D eigenvalue weighted by molar-refractivity contribution is -0.128. The van der Waals surface area contributed by atoms with E-state index < -0.39 is 0 Å². The Bertz CT molecular complexity index is 418. The summed E-state index contributed by atoms with van der Waals surface area (Å²) in [5.74, 6) is 0.162. The van der Waals surface area contributed by atoms with Crippen LogP contribution in [0.15, 0.2) is 24.3 Å².